The van der Waals surface area contributed by atoms with Gasteiger partial charge in [-0.2, -0.15) is 9.97 Å². The van der Waals surface area contributed by atoms with E-state index in [1.165, 1.54) is 44.0 Å². The zero-order chi connectivity index (χ0) is 44.7. The first-order valence-corrected chi connectivity index (χ1v) is 24.4. The van der Waals surface area contributed by atoms with Crippen LogP contribution in [0.3, 0.4) is 0 Å². The van der Waals surface area contributed by atoms with E-state index in [4.69, 9.17) is 23.2 Å². The molecule has 4 heterocycles. The Morgan fingerprint density at radius 3 is 1.62 bits per heavy atom. The second kappa shape index (κ2) is 27.5. The Kier molecular flexibility index (Phi) is 21.6. The molecule has 0 saturated heterocycles. The van der Waals surface area contributed by atoms with Crippen molar-refractivity contribution in [3.63, 3.8) is 0 Å². The molecular weight excluding hydrogens is 870 g/mol. The first-order chi connectivity index (χ1) is 30.6. The lowest BCUT2D eigenvalue weighted by Crippen LogP contribution is -2.18. The van der Waals surface area contributed by atoms with Crippen molar-refractivity contribution in [1.29, 1.82) is 0 Å². The topological polar surface area (TPSA) is 126 Å². The van der Waals surface area contributed by atoms with E-state index in [2.05, 4.69) is 37.1 Å². The molecule has 4 aromatic heterocycles. The van der Waals surface area contributed by atoms with Gasteiger partial charge in [0.25, 0.3) is 11.1 Å². The highest BCUT2D eigenvalue weighted by molar-refractivity contribution is 7.99. The molecule has 0 amide bonds. The lowest BCUT2D eigenvalue weighted by Gasteiger charge is -2.09. The molecule has 0 N–H and O–H groups in total. The highest BCUT2D eigenvalue weighted by Gasteiger charge is 2.11. The highest BCUT2D eigenvalue weighted by Crippen LogP contribution is 2.20. The molecule has 332 valence electrons. The standard InChI is InChI=1S/C25H30ClN3OS.C24H27ClN4O2S/c1-29-19-22(17-21-10-8-15-27-18-21)24(30)28-25(29)31-16-7-5-3-2-4-6-9-20-11-13-23(26)14-12-20;1-29-16-20(13-18-14-26-17-27-15-18)23(31)28-24(29)32-12-6-4-2-3-5-7-22(30)19-8-10-21(25)11-9-19/h8,10-15,18-19H,2-7,9,16-17H2,1H3;8-11,14-17H,2-7,12-13H2,1H3. The summed E-state index contributed by atoms with van der Waals surface area (Å²) in [6.07, 6.45) is 27.5. The monoisotopic (exact) mass is 925 g/mol. The number of ketones is 1. The first-order valence-electron chi connectivity index (χ1n) is 21.7. The van der Waals surface area contributed by atoms with E-state index in [1.807, 2.05) is 59.9 Å². The maximum Gasteiger partial charge on any atom is 0.277 e. The van der Waals surface area contributed by atoms with E-state index in [0.717, 1.165) is 88.5 Å². The minimum absolute atomic E-state index is 0.134. The Hall–Kier alpha value is -4.62. The first kappa shape index (κ1) is 49.4. The Morgan fingerprint density at radius 1 is 0.571 bits per heavy atom. The van der Waals surface area contributed by atoms with Gasteiger partial charge in [-0.3, -0.25) is 19.4 Å². The number of aryl methyl sites for hydroxylation is 3. The van der Waals surface area contributed by atoms with Gasteiger partial charge in [0.05, 0.1) is 0 Å². The van der Waals surface area contributed by atoms with Gasteiger partial charge in [0.2, 0.25) is 0 Å². The van der Waals surface area contributed by atoms with Crippen LogP contribution in [0.2, 0.25) is 10.0 Å². The number of unbranched alkanes of at least 4 members (excludes halogenated alkanes) is 9. The SMILES string of the molecule is Cn1cc(Cc2cccnc2)c(=O)nc1SCCCCCCCCc1ccc(Cl)cc1.Cn1cc(Cc2cncnc2)c(=O)nc1SCCCCCCCC(=O)c1ccc(Cl)cc1. The number of rotatable bonds is 24. The summed E-state index contributed by atoms with van der Waals surface area (Å²) in [7, 11) is 3.87. The number of hydrogen-bond acceptors (Lipinski definition) is 10. The Balaban J connectivity index is 0.000000238. The van der Waals surface area contributed by atoms with Crippen LogP contribution in [0.25, 0.3) is 0 Å². The van der Waals surface area contributed by atoms with E-state index < -0.39 is 0 Å². The predicted octanol–water partition coefficient (Wildman–Crippen LogP) is 11.2. The fraction of sp³-hybridized carbons (Fsp3) is 0.388. The van der Waals surface area contributed by atoms with Gasteiger partial charge < -0.3 is 9.13 Å². The van der Waals surface area contributed by atoms with Crippen LogP contribution >= 0.6 is 46.7 Å². The molecule has 10 nitrogen and oxygen atoms in total. The third kappa shape index (κ3) is 18.2. The lowest BCUT2D eigenvalue weighted by atomic mass is 10.0. The summed E-state index contributed by atoms with van der Waals surface area (Å²) < 4.78 is 3.88. The van der Waals surface area contributed by atoms with Gasteiger partial charge in [0.15, 0.2) is 16.1 Å². The number of carbonyl (C=O) groups excluding carboxylic acids is 1. The van der Waals surface area contributed by atoms with Crippen molar-refractivity contribution in [2.75, 3.05) is 11.5 Å². The summed E-state index contributed by atoms with van der Waals surface area (Å²) in [4.78, 5) is 57.5. The van der Waals surface area contributed by atoms with Gasteiger partial charge in [-0.05, 0) is 91.3 Å². The average Bonchev–Trinajstić information content (AvgIpc) is 3.28. The van der Waals surface area contributed by atoms with Crippen molar-refractivity contribution >= 4 is 52.5 Å². The van der Waals surface area contributed by atoms with Crippen LogP contribution in [0.5, 0.6) is 0 Å². The smallest absolute Gasteiger partial charge is 0.277 e. The van der Waals surface area contributed by atoms with Crippen LogP contribution in [-0.4, -0.2) is 51.3 Å². The average molecular weight is 927 g/mol. The molecule has 0 unspecified atom stereocenters. The van der Waals surface area contributed by atoms with E-state index in [-0.39, 0.29) is 16.9 Å². The van der Waals surface area contributed by atoms with Crippen LogP contribution in [0, 0.1) is 0 Å². The summed E-state index contributed by atoms with van der Waals surface area (Å²) in [5.74, 6) is 2.08. The summed E-state index contributed by atoms with van der Waals surface area (Å²) in [6.45, 7) is 0. The molecule has 2 aromatic carbocycles. The van der Waals surface area contributed by atoms with Crippen LogP contribution in [0.4, 0.5) is 0 Å². The number of carbonyl (C=O) groups is 1. The normalized spacial score (nSPS) is 11.0. The van der Waals surface area contributed by atoms with Crippen LogP contribution in [0.15, 0.2) is 124 Å². The molecule has 0 bridgehead atoms. The molecule has 6 aromatic rings. The third-order valence-electron chi connectivity index (χ3n) is 10.3. The number of nitrogens with zero attached hydrogens (tertiary/aromatic N) is 7. The number of halogens is 2. The van der Waals surface area contributed by atoms with Crippen molar-refractivity contribution in [1.82, 2.24) is 34.1 Å². The van der Waals surface area contributed by atoms with E-state index in [0.29, 0.717) is 35.4 Å². The zero-order valence-corrected chi connectivity index (χ0v) is 39.4. The second-order valence-electron chi connectivity index (χ2n) is 15.5. The van der Waals surface area contributed by atoms with Gasteiger partial charge >= 0.3 is 0 Å². The molecule has 6 rings (SSSR count). The van der Waals surface area contributed by atoms with Crippen LogP contribution in [0.1, 0.15) is 115 Å². The fourth-order valence-corrected chi connectivity index (χ4v) is 8.97. The van der Waals surface area contributed by atoms with Gasteiger partial charge in [0.1, 0.15) is 6.33 Å². The van der Waals surface area contributed by atoms with E-state index in [1.54, 1.807) is 72.6 Å². The van der Waals surface area contributed by atoms with Gasteiger partial charge in [0, 0.05) is 109 Å². The van der Waals surface area contributed by atoms with Crippen LogP contribution < -0.4 is 11.1 Å². The quantitative estimate of drug-likeness (QED) is 0.0251. The minimum Gasteiger partial charge on any atom is -0.330 e. The molecule has 0 aliphatic carbocycles. The third-order valence-corrected chi connectivity index (χ3v) is 13.1. The molecule has 0 atom stereocenters. The van der Waals surface area contributed by atoms with Crippen molar-refractivity contribution in [2.24, 2.45) is 14.1 Å². The van der Waals surface area contributed by atoms with Gasteiger partial charge in [-0.25, -0.2) is 9.97 Å². The predicted molar refractivity (Wildman–Crippen MR) is 259 cm³/mol. The number of Topliss-reactive ketones (excluding diaryl/α,β-unsaturated/α-hetero) is 1. The molecule has 0 fully saturated rings. The highest BCUT2D eigenvalue weighted by atomic mass is 35.5. The summed E-state index contributed by atoms with van der Waals surface area (Å²) in [5.41, 5.74) is 5.03. The molecule has 0 saturated carbocycles. The zero-order valence-electron chi connectivity index (χ0n) is 36.3. The summed E-state index contributed by atoms with van der Waals surface area (Å²) in [6, 6.07) is 19.1. The molecule has 0 aliphatic rings. The Bertz CT molecular complexity index is 2400. The number of pyridine rings is 1. The van der Waals surface area contributed by atoms with E-state index in [9.17, 15) is 14.4 Å². The maximum absolute atomic E-state index is 12.4. The minimum atomic E-state index is -0.195. The van der Waals surface area contributed by atoms with Crippen molar-refractivity contribution in [2.45, 2.75) is 107 Å². The summed E-state index contributed by atoms with van der Waals surface area (Å²) in [5, 5.41) is 2.98. The van der Waals surface area contributed by atoms with E-state index >= 15 is 0 Å². The van der Waals surface area contributed by atoms with Crippen LogP contribution in [-0.2, 0) is 33.4 Å². The maximum atomic E-state index is 12.4. The molecular formula is C49H57Cl2N7O3S2. The number of hydrogen-bond donors (Lipinski definition) is 0. The Morgan fingerprint density at radius 2 is 1.06 bits per heavy atom. The van der Waals surface area contributed by atoms with Crippen molar-refractivity contribution in [3.8, 4) is 0 Å². The number of aromatic nitrogens is 7. The van der Waals surface area contributed by atoms with Crippen molar-refractivity contribution < 1.29 is 4.79 Å². The second-order valence-corrected chi connectivity index (χ2v) is 18.5. The fourth-order valence-electron chi connectivity index (χ4n) is 6.85. The molecule has 14 heteroatoms. The molecule has 0 aliphatic heterocycles. The summed E-state index contributed by atoms with van der Waals surface area (Å²) >= 11 is 15.1. The van der Waals surface area contributed by atoms with Crippen molar-refractivity contribution in [3.05, 3.63) is 168 Å². The lowest BCUT2D eigenvalue weighted by molar-refractivity contribution is 0.0979. The molecule has 0 spiro atoms. The number of thioether (sulfide) groups is 2. The Labute approximate surface area is 389 Å². The van der Waals surface area contributed by atoms with Gasteiger partial charge in [-0.15, -0.1) is 0 Å². The largest absolute Gasteiger partial charge is 0.330 e. The molecule has 0 radical (unpaired) electrons. The molecule has 63 heavy (non-hydrogen) atoms. The van der Waals surface area contributed by atoms with Gasteiger partial charge in [-0.1, -0.05) is 110 Å². The number of benzene rings is 2.